The van der Waals surface area contributed by atoms with Crippen molar-refractivity contribution in [2.45, 2.75) is 64.0 Å². The molecule has 1 aliphatic heterocycles. The van der Waals surface area contributed by atoms with Crippen LogP contribution in [0.5, 0.6) is 0 Å². The zero-order valence-electron chi connectivity index (χ0n) is 20.1. The summed E-state index contributed by atoms with van der Waals surface area (Å²) < 4.78 is 2.42. The summed E-state index contributed by atoms with van der Waals surface area (Å²) in [5.41, 5.74) is 5.53. The highest BCUT2D eigenvalue weighted by molar-refractivity contribution is 5.89. The van der Waals surface area contributed by atoms with Gasteiger partial charge in [-0.05, 0) is 81.8 Å². The number of amides is 1. The molecule has 3 heterocycles. The van der Waals surface area contributed by atoms with Crippen LogP contribution in [0.2, 0.25) is 0 Å². The lowest BCUT2D eigenvalue weighted by Crippen LogP contribution is -2.51. The average molecular weight is 445 g/mol. The third-order valence-corrected chi connectivity index (χ3v) is 7.72. The predicted molar refractivity (Wildman–Crippen MR) is 133 cm³/mol. The Bertz CT molecular complexity index is 1120. The highest BCUT2D eigenvalue weighted by Crippen LogP contribution is 2.45. The minimum Gasteiger partial charge on any atom is -0.356 e. The molecular weight excluding hydrogens is 408 g/mol. The highest BCUT2D eigenvalue weighted by atomic mass is 16.1. The summed E-state index contributed by atoms with van der Waals surface area (Å²) >= 11 is 0. The fourth-order valence-corrected chi connectivity index (χ4v) is 6.05. The minimum atomic E-state index is 0.0542. The van der Waals surface area contributed by atoms with Gasteiger partial charge in [0.05, 0.1) is 5.92 Å². The molecule has 0 radical (unpaired) electrons. The summed E-state index contributed by atoms with van der Waals surface area (Å²) in [6, 6.07) is 11.8. The van der Waals surface area contributed by atoms with Gasteiger partial charge >= 0.3 is 0 Å². The maximum absolute atomic E-state index is 13.1. The Balaban J connectivity index is 1.24. The van der Waals surface area contributed by atoms with Gasteiger partial charge in [0.2, 0.25) is 5.91 Å². The van der Waals surface area contributed by atoms with Crippen LogP contribution in [0.25, 0.3) is 10.9 Å². The molecular formula is C28H36N4O. The van der Waals surface area contributed by atoms with E-state index in [9.17, 15) is 4.79 Å². The van der Waals surface area contributed by atoms with Gasteiger partial charge in [0.25, 0.3) is 0 Å². The molecule has 1 fully saturated rings. The van der Waals surface area contributed by atoms with Crippen molar-refractivity contribution in [1.29, 1.82) is 0 Å². The number of fused-ring (bicyclic) bond motifs is 2. The maximum atomic E-state index is 13.1. The molecule has 2 aliphatic rings. The Kier molecular flexibility index (Phi) is 6.24. The number of hydrogen-bond donors (Lipinski definition) is 1. The molecule has 1 aromatic carbocycles. The minimum absolute atomic E-state index is 0.0542. The maximum Gasteiger partial charge on any atom is 0.224 e. The zero-order valence-corrected chi connectivity index (χ0v) is 20.1. The van der Waals surface area contributed by atoms with Gasteiger partial charge in [-0.2, -0.15) is 0 Å². The first-order valence-corrected chi connectivity index (χ1v) is 12.5. The zero-order chi connectivity index (χ0) is 22.9. The number of pyridine rings is 1. The standard InChI is InChI=1S/C28H36N4O/c1-19(2)32-18-21-15-26-24(23-10-6-11-25(32)27(21)23)14-22(17-31(26)3)28(33)30-13-5-4-8-20-9-7-12-29-16-20/h6-7,9-12,16,18-19,22,24,26H,4-5,8,13-15,17H2,1-3H3,(H,30,33)/t22-,24?,26-/m1/s1. The number of nitrogens with one attached hydrogen (secondary N) is 1. The van der Waals surface area contributed by atoms with Crippen LogP contribution in [0.4, 0.5) is 0 Å². The van der Waals surface area contributed by atoms with Gasteiger partial charge in [0.1, 0.15) is 0 Å². The van der Waals surface area contributed by atoms with Gasteiger partial charge < -0.3 is 14.8 Å². The van der Waals surface area contributed by atoms with E-state index < -0.39 is 0 Å². The van der Waals surface area contributed by atoms with Crippen LogP contribution in [0.1, 0.15) is 61.8 Å². The number of carbonyl (C=O) groups is 1. The molecule has 1 unspecified atom stereocenters. The second-order valence-corrected chi connectivity index (χ2v) is 10.3. The first-order valence-electron chi connectivity index (χ1n) is 12.5. The summed E-state index contributed by atoms with van der Waals surface area (Å²) in [5, 5.41) is 4.67. The predicted octanol–water partition coefficient (Wildman–Crippen LogP) is 4.72. The fourth-order valence-electron chi connectivity index (χ4n) is 6.05. The van der Waals surface area contributed by atoms with Gasteiger partial charge in [0.15, 0.2) is 0 Å². The Labute approximate surface area is 197 Å². The molecule has 0 bridgehead atoms. The van der Waals surface area contributed by atoms with Crippen LogP contribution in [-0.2, 0) is 17.6 Å². The van der Waals surface area contributed by atoms with Crippen molar-refractivity contribution in [3.63, 3.8) is 0 Å². The number of benzene rings is 1. The van der Waals surface area contributed by atoms with Crippen LogP contribution in [0.3, 0.4) is 0 Å². The molecule has 5 nitrogen and oxygen atoms in total. The fraction of sp³-hybridized carbons (Fsp3) is 0.500. The number of nitrogens with zero attached hydrogens (tertiary/aromatic N) is 3. The molecule has 5 rings (SSSR count). The van der Waals surface area contributed by atoms with E-state index in [0.717, 1.165) is 45.2 Å². The van der Waals surface area contributed by atoms with Gasteiger partial charge in [-0.15, -0.1) is 0 Å². The van der Waals surface area contributed by atoms with Crippen LogP contribution in [-0.4, -0.2) is 46.5 Å². The first kappa shape index (κ1) is 22.1. The van der Waals surface area contributed by atoms with Crippen LogP contribution in [0.15, 0.2) is 48.9 Å². The lowest BCUT2D eigenvalue weighted by atomic mass is 9.72. The Hall–Kier alpha value is -2.66. The lowest BCUT2D eigenvalue weighted by Gasteiger charge is -2.45. The lowest BCUT2D eigenvalue weighted by molar-refractivity contribution is -0.127. The topological polar surface area (TPSA) is 50.2 Å². The van der Waals surface area contributed by atoms with Crippen molar-refractivity contribution < 1.29 is 4.79 Å². The number of unbranched alkanes of at least 4 members (excludes halogenated alkanes) is 1. The molecule has 174 valence electrons. The molecule has 3 aromatic rings. The van der Waals surface area contributed by atoms with Crippen molar-refractivity contribution in [3.05, 3.63) is 65.6 Å². The summed E-state index contributed by atoms with van der Waals surface area (Å²) in [7, 11) is 2.20. The quantitative estimate of drug-likeness (QED) is 0.537. The third kappa shape index (κ3) is 4.31. The second-order valence-electron chi connectivity index (χ2n) is 10.3. The van der Waals surface area contributed by atoms with Crippen LogP contribution >= 0.6 is 0 Å². The average Bonchev–Trinajstić information content (AvgIpc) is 3.20. The molecule has 2 aromatic heterocycles. The smallest absolute Gasteiger partial charge is 0.224 e. The van der Waals surface area contributed by atoms with E-state index in [0.29, 0.717) is 18.0 Å². The number of rotatable bonds is 7. The summed E-state index contributed by atoms with van der Waals surface area (Å²) in [6.07, 6.45) is 11.2. The Morgan fingerprint density at radius 2 is 2.09 bits per heavy atom. The molecule has 33 heavy (non-hydrogen) atoms. The summed E-state index contributed by atoms with van der Waals surface area (Å²) in [4.78, 5) is 19.7. The van der Waals surface area contributed by atoms with E-state index in [1.165, 1.54) is 27.6 Å². The first-order chi connectivity index (χ1) is 16.0. The van der Waals surface area contributed by atoms with Crippen molar-refractivity contribution in [2.24, 2.45) is 5.92 Å². The van der Waals surface area contributed by atoms with Gasteiger partial charge in [-0.25, -0.2) is 0 Å². The van der Waals surface area contributed by atoms with Crippen molar-refractivity contribution >= 4 is 16.8 Å². The number of aryl methyl sites for hydroxylation is 1. The largest absolute Gasteiger partial charge is 0.356 e. The molecule has 1 aliphatic carbocycles. The van der Waals surface area contributed by atoms with E-state index >= 15 is 0 Å². The molecule has 1 N–H and O–H groups in total. The molecule has 3 atom stereocenters. The highest BCUT2D eigenvalue weighted by Gasteiger charge is 2.41. The third-order valence-electron chi connectivity index (χ3n) is 7.72. The van der Waals surface area contributed by atoms with Gasteiger partial charge in [-0.3, -0.25) is 9.78 Å². The number of piperidine rings is 1. The SMILES string of the molecule is CC(C)n1cc2c3c(cccc31)C1C[C@@H](C(=O)NCCCCc3cccnc3)CN(C)[C@@H]1C2. The van der Waals surface area contributed by atoms with E-state index in [1.54, 1.807) is 0 Å². The molecule has 1 saturated heterocycles. The summed E-state index contributed by atoms with van der Waals surface area (Å²) in [6.45, 7) is 6.11. The normalized spacial score (nSPS) is 22.5. The Morgan fingerprint density at radius 3 is 2.88 bits per heavy atom. The van der Waals surface area contributed by atoms with Crippen LogP contribution in [0, 0.1) is 5.92 Å². The summed E-state index contributed by atoms with van der Waals surface area (Å²) in [5.74, 6) is 0.697. The Morgan fingerprint density at radius 1 is 1.21 bits per heavy atom. The number of likely N-dealkylation sites (N-methyl/N-ethyl adjacent to an activating group) is 1. The van der Waals surface area contributed by atoms with Crippen LogP contribution < -0.4 is 5.32 Å². The van der Waals surface area contributed by atoms with Crippen molar-refractivity contribution in [3.8, 4) is 0 Å². The van der Waals surface area contributed by atoms with E-state index in [-0.39, 0.29) is 11.8 Å². The van der Waals surface area contributed by atoms with Crippen molar-refractivity contribution in [1.82, 2.24) is 19.8 Å². The number of carbonyl (C=O) groups excluding carboxylic acids is 1. The number of likely N-dealkylation sites (tertiary alicyclic amines) is 1. The monoisotopic (exact) mass is 444 g/mol. The van der Waals surface area contributed by atoms with Gasteiger partial charge in [0, 0.05) is 60.6 Å². The van der Waals surface area contributed by atoms with E-state index in [1.807, 2.05) is 18.5 Å². The number of aromatic nitrogens is 2. The van der Waals surface area contributed by atoms with Crippen molar-refractivity contribution in [2.75, 3.05) is 20.1 Å². The second kappa shape index (κ2) is 9.30. The van der Waals surface area contributed by atoms with E-state index in [2.05, 4.69) is 71.1 Å². The molecule has 0 saturated carbocycles. The van der Waals surface area contributed by atoms with Gasteiger partial charge in [-0.1, -0.05) is 18.2 Å². The molecule has 1 amide bonds. The number of hydrogen-bond acceptors (Lipinski definition) is 3. The molecule has 0 spiro atoms. The molecule has 5 heteroatoms. The van der Waals surface area contributed by atoms with E-state index in [4.69, 9.17) is 0 Å².